The van der Waals surface area contributed by atoms with Crippen LogP contribution >= 0.6 is 0 Å². The second-order valence-electron chi connectivity index (χ2n) is 34.9. The maximum absolute atomic E-state index is 14.1. The standard InChI is InChI=1S/C85H151N3O39/c1-6-8-10-12-14-16-18-20-21-23-25-27-29-31-33-35-60(103)88-50(51(98)34-32-30-28-26-24-22-19-17-15-13-11-9-7-2)45-116-79-68(109)67(108)72(58(43-93)119-79)122-81-70(111)77(127-85(83(114)115)38-53(100)62(87-48(5)97)75(125-85)64(105)55(102)40-90)73(59(44-94)120-81)123-78-49(36-46(3)95)71(65(106)56(41-91)117-78)121-80-69(110)76(66(107)57(42-92)118-80)126-84(82(112)113)37-52(99)61(86-47(4)96)74(124-84)63(104)54(101)39-89/h49-59,61-81,89-94,98-102,104-111H,6-45H2,1-5H3,(H,86,96)(H,87,97)(H,88,103)(H,112,113)(H,114,115). The number of Topliss-reactive ketones (excluding diaryl/α,β-unsaturated/α-hetero) is 1. The van der Waals surface area contributed by atoms with Crippen LogP contribution in [0.5, 0.6) is 0 Å². The second kappa shape index (κ2) is 56.8. The molecule has 42 heteroatoms. The van der Waals surface area contributed by atoms with Gasteiger partial charge in [0.25, 0.3) is 11.6 Å². The number of carbonyl (C=O) groups excluding carboxylic acids is 4. The lowest BCUT2D eigenvalue weighted by molar-refractivity contribution is -0.408. The molecule has 0 saturated carbocycles. The molecule has 6 rings (SSSR count). The largest absolute Gasteiger partial charge is 0.477 e. The van der Waals surface area contributed by atoms with Crippen LogP contribution in [0.1, 0.15) is 247 Å². The first-order valence-electron chi connectivity index (χ1n) is 45.8. The molecular formula is C85H151N3O39. The van der Waals surface area contributed by atoms with E-state index in [0.717, 1.165) is 85.0 Å². The van der Waals surface area contributed by atoms with Gasteiger partial charge >= 0.3 is 11.9 Å². The lowest BCUT2D eigenvalue weighted by atomic mass is 9.86. The number of ketones is 1. The summed E-state index contributed by atoms with van der Waals surface area (Å²) in [4.78, 5) is 79.8. The molecule has 34 atom stereocenters. The summed E-state index contributed by atoms with van der Waals surface area (Å²) >= 11 is 0. The zero-order valence-electron chi connectivity index (χ0n) is 74.0. The molecule has 0 bridgehead atoms. The van der Waals surface area contributed by atoms with Crippen molar-refractivity contribution >= 4 is 35.4 Å². The Hall–Kier alpha value is -4.22. The van der Waals surface area contributed by atoms with Gasteiger partial charge in [0.1, 0.15) is 128 Å². The van der Waals surface area contributed by atoms with E-state index in [4.69, 9.17) is 56.8 Å². The lowest BCUT2D eigenvalue weighted by Crippen LogP contribution is -2.71. The van der Waals surface area contributed by atoms with E-state index in [2.05, 4.69) is 29.8 Å². The summed E-state index contributed by atoms with van der Waals surface area (Å²) in [7, 11) is 0. The molecule has 6 aliphatic heterocycles. The van der Waals surface area contributed by atoms with Crippen molar-refractivity contribution in [2.45, 2.75) is 448 Å². The number of carboxylic acids is 2. The number of unbranched alkanes of at least 4 members (excludes halogenated alkanes) is 26. The summed E-state index contributed by atoms with van der Waals surface area (Å²) < 4.78 is 72.8. The van der Waals surface area contributed by atoms with Crippen molar-refractivity contribution < 1.29 is 193 Å². The zero-order valence-corrected chi connectivity index (χ0v) is 74.0. The second-order valence-corrected chi connectivity index (χ2v) is 34.9. The number of nitrogens with one attached hydrogen (secondary N) is 3. The van der Waals surface area contributed by atoms with Gasteiger partial charge < -0.3 is 185 Å². The van der Waals surface area contributed by atoms with Crippen molar-refractivity contribution in [1.82, 2.24) is 16.0 Å². The summed E-state index contributed by atoms with van der Waals surface area (Å²) in [6, 6.07) is -4.68. The van der Waals surface area contributed by atoms with Crippen LogP contribution in [0.4, 0.5) is 0 Å². The first-order valence-corrected chi connectivity index (χ1v) is 45.8. The van der Waals surface area contributed by atoms with E-state index in [0.29, 0.717) is 12.8 Å². The normalized spacial score (nSPS) is 35.1. The van der Waals surface area contributed by atoms with E-state index in [9.17, 15) is 136 Å². The number of carbonyl (C=O) groups is 6. The summed E-state index contributed by atoms with van der Waals surface area (Å²) in [6.45, 7) is -0.542. The average Bonchev–Trinajstić information content (AvgIpc) is 0.752. The molecule has 0 aromatic rings. The third-order valence-electron chi connectivity index (χ3n) is 24.7. The van der Waals surface area contributed by atoms with Crippen molar-refractivity contribution in [2.75, 3.05) is 46.2 Å². The van der Waals surface area contributed by atoms with Crippen LogP contribution in [0.25, 0.3) is 0 Å². The SMILES string of the molecule is CCCCCCCCCCCCCCCCCC(=O)NC(COC1OC(CO)C(OC2OC(CO)C(OC3OC(CO)C(O)C(OC4OC(CO)C(O)C(OC5(C(=O)O)CC(O)C(NC(C)=O)C(C(O)C(O)CO)O5)C4O)C3CC(C)=O)C(OC3(C(=O)O)CC(O)C(NC(C)=O)C(C(O)C(O)CO)O3)C2O)C(O)C1O)C(O)CCCCCCCCCCCCCCC. The minimum Gasteiger partial charge on any atom is -0.477 e. The first-order chi connectivity index (χ1) is 60.6. The molecule has 0 spiro atoms. The maximum atomic E-state index is 14.1. The molecule has 42 nitrogen and oxygen atoms in total. The number of aliphatic hydroxyl groups is 19. The quantitative estimate of drug-likeness (QED) is 0.0279. The number of rotatable bonds is 61. The molecule has 127 heavy (non-hydrogen) atoms. The van der Waals surface area contributed by atoms with Gasteiger partial charge in [-0.25, -0.2) is 9.59 Å². The van der Waals surface area contributed by atoms with Gasteiger partial charge in [0, 0.05) is 45.4 Å². The van der Waals surface area contributed by atoms with Crippen molar-refractivity contribution in [3.63, 3.8) is 0 Å². The molecule has 6 fully saturated rings. The topological polar surface area (TPSA) is 674 Å². The highest BCUT2D eigenvalue weighted by molar-refractivity contribution is 5.78. The molecule has 6 heterocycles. The Balaban J connectivity index is 1.29. The summed E-state index contributed by atoms with van der Waals surface area (Å²) in [6.07, 6.45) is -33.9. The molecule has 740 valence electrons. The van der Waals surface area contributed by atoms with Crippen LogP contribution in [0.15, 0.2) is 0 Å². The molecule has 24 N–H and O–H groups in total. The Morgan fingerprint density at radius 3 is 1.17 bits per heavy atom. The number of hydrogen-bond acceptors (Lipinski definition) is 37. The van der Waals surface area contributed by atoms with Crippen LogP contribution in [0.2, 0.25) is 0 Å². The van der Waals surface area contributed by atoms with E-state index in [1.165, 1.54) is 103 Å². The predicted molar refractivity (Wildman–Crippen MR) is 441 cm³/mol. The zero-order chi connectivity index (χ0) is 93.8. The Kier molecular flexibility index (Phi) is 49.9. The highest BCUT2D eigenvalue weighted by atomic mass is 16.8. The number of ether oxygens (including phenoxy) is 12. The summed E-state index contributed by atoms with van der Waals surface area (Å²) in [5, 5.41) is 245. The highest BCUT2D eigenvalue weighted by Crippen LogP contribution is 2.44. The van der Waals surface area contributed by atoms with Gasteiger partial charge in [-0.3, -0.25) is 14.4 Å². The monoisotopic (exact) mass is 1840 g/mol. The van der Waals surface area contributed by atoms with Crippen LogP contribution in [-0.2, 0) is 85.6 Å². The highest BCUT2D eigenvalue weighted by Gasteiger charge is 2.64. The molecule has 0 aliphatic carbocycles. The minimum atomic E-state index is -3.48. The van der Waals surface area contributed by atoms with Gasteiger partial charge in [0.05, 0.1) is 88.8 Å². The number of carboxylic acid groups (broad SMARTS) is 2. The van der Waals surface area contributed by atoms with Gasteiger partial charge in [-0.1, -0.05) is 187 Å². The van der Waals surface area contributed by atoms with Gasteiger partial charge in [-0.2, -0.15) is 0 Å². The Morgan fingerprint density at radius 1 is 0.402 bits per heavy atom. The molecule has 3 amide bonds. The first kappa shape index (κ1) is 112. The Bertz CT molecular complexity index is 3150. The van der Waals surface area contributed by atoms with Crippen molar-refractivity contribution in [3.8, 4) is 0 Å². The number of amides is 3. The molecule has 6 aliphatic rings. The number of aliphatic hydroxyl groups excluding tert-OH is 19. The van der Waals surface area contributed by atoms with E-state index in [-0.39, 0.29) is 18.7 Å². The number of hydrogen-bond donors (Lipinski definition) is 24. The lowest BCUT2D eigenvalue weighted by Gasteiger charge is -2.53. The fourth-order valence-electron chi connectivity index (χ4n) is 17.5. The third kappa shape index (κ3) is 32.8. The van der Waals surface area contributed by atoms with Crippen molar-refractivity contribution in [1.29, 1.82) is 0 Å². The van der Waals surface area contributed by atoms with E-state index >= 15 is 0 Å². The smallest absolute Gasteiger partial charge is 0.364 e. The van der Waals surface area contributed by atoms with Crippen molar-refractivity contribution in [3.05, 3.63) is 0 Å². The van der Waals surface area contributed by atoms with Gasteiger partial charge in [-0.05, 0) is 19.8 Å². The van der Waals surface area contributed by atoms with E-state index < -0.39 is 302 Å². The van der Waals surface area contributed by atoms with Crippen LogP contribution in [0, 0.1) is 5.92 Å². The summed E-state index contributed by atoms with van der Waals surface area (Å²) in [5.41, 5.74) is 0. The molecule has 0 radical (unpaired) electrons. The third-order valence-corrected chi connectivity index (χ3v) is 24.7. The van der Waals surface area contributed by atoms with Crippen LogP contribution < -0.4 is 16.0 Å². The van der Waals surface area contributed by atoms with E-state index in [1.807, 2.05) is 0 Å². The van der Waals surface area contributed by atoms with Gasteiger partial charge in [-0.15, -0.1) is 0 Å². The fourth-order valence-corrected chi connectivity index (χ4v) is 17.5. The van der Waals surface area contributed by atoms with Gasteiger partial charge in [0.15, 0.2) is 25.2 Å². The van der Waals surface area contributed by atoms with Crippen LogP contribution in [-0.4, -0.2) is 390 Å². The predicted octanol–water partition coefficient (Wildman–Crippen LogP) is -2.55. The van der Waals surface area contributed by atoms with Crippen LogP contribution in [0.3, 0.4) is 0 Å². The molecule has 0 aromatic carbocycles. The maximum Gasteiger partial charge on any atom is 0.364 e. The van der Waals surface area contributed by atoms with E-state index in [1.54, 1.807) is 0 Å². The Labute approximate surface area is 741 Å². The molecule has 34 unspecified atom stereocenters. The Morgan fingerprint density at radius 2 is 0.764 bits per heavy atom. The summed E-state index contributed by atoms with van der Waals surface area (Å²) in [5.74, 6) is -16.0. The number of aliphatic carboxylic acids is 2. The fraction of sp³-hybridized carbons (Fsp3) is 0.929. The van der Waals surface area contributed by atoms with Gasteiger partial charge in [0.2, 0.25) is 17.7 Å². The van der Waals surface area contributed by atoms with Crippen molar-refractivity contribution in [2.24, 2.45) is 5.92 Å². The average molecular weight is 1840 g/mol. The molecule has 6 saturated heterocycles. The minimum absolute atomic E-state index is 0.122. The molecule has 0 aromatic heterocycles. The molecular weight excluding hydrogens is 1690 g/mol.